The van der Waals surface area contributed by atoms with E-state index in [1.165, 1.54) is 0 Å². The fourth-order valence-electron chi connectivity index (χ4n) is 4.58. The molecule has 5 N–H and O–H groups in total. The highest BCUT2D eigenvalue weighted by Gasteiger charge is 2.33. The fourth-order valence-corrected chi connectivity index (χ4v) is 4.58. The molecule has 5 heteroatoms. The van der Waals surface area contributed by atoms with E-state index in [0.717, 1.165) is 77.4 Å². The Bertz CT molecular complexity index is 1100. The van der Waals surface area contributed by atoms with Crippen LogP contribution in [-0.4, -0.2) is 22.9 Å². The molecular formula is C26H30N4O. The van der Waals surface area contributed by atoms with Crippen molar-refractivity contribution in [2.45, 2.75) is 57.2 Å². The van der Waals surface area contributed by atoms with E-state index in [-0.39, 0.29) is 11.7 Å². The zero-order valence-electron chi connectivity index (χ0n) is 17.8. The lowest BCUT2D eigenvalue weighted by Gasteiger charge is -2.29. The van der Waals surface area contributed by atoms with Crippen molar-refractivity contribution in [2.75, 3.05) is 5.32 Å². The molecule has 0 radical (unpaired) electrons. The number of aromatic nitrogens is 1. The minimum atomic E-state index is 0.159. The molecule has 0 aliphatic heterocycles. The highest BCUT2D eigenvalue weighted by molar-refractivity contribution is 6.10. The number of rotatable bonds is 6. The second-order valence-electron chi connectivity index (χ2n) is 9.07. The number of Topliss-reactive ketones (excluding diaryl/α,β-unsaturated/α-hetero) is 1. The number of pyridine rings is 1. The van der Waals surface area contributed by atoms with Crippen molar-refractivity contribution >= 4 is 22.4 Å². The molecule has 0 atom stereocenters. The lowest BCUT2D eigenvalue weighted by atomic mass is 9.91. The third-order valence-electron chi connectivity index (χ3n) is 6.72. The number of carbonyl (C=O) groups excluding carboxylic acids is 1. The minimum Gasteiger partial charge on any atom is -0.381 e. The summed E-state index contributed by atoms with van der Waals surface area (Å²) in [6.45, 7) is 0.535. The summed E-state index contributed by atoms with van der Waals surface area (Å²) in [5.41, 5.74) is 17.8. The molecule has 3 aromatic rings. The normalized spacial score (nSPS) is 21.2. The molecule has 160 valence electrons. The molecule has 2 fully saturated rings. The summed E-state index contributed by atoms with van der Waals surface area (Å²) in [4.78, 5) is 17.7. The van der Waals surface area contributed by atoms with E-state index >= 15 is 0 Å². The maximum Gasteiger partial charge on any atom is 0.169 e. The number of hydrogen-bond acceptors (Lipinski definition) is 5. The van der Waals surface area contributed by atoms with Gasteiger partial charge in [-0.25, -0.2) is 0 Å². The van der Waals surface area contributed by atoms with Crippen LogP contribution in [0.1, 0.15) is 54.4 Å². The summed E-state index contributed by atoms with van der Waals surface area (Å²) in [5, 5.41) is 4.76. The first-order chi connectivity index (χ1) is 15.1. The van der Waals surface area contributed by atoms with Gasteiger partial charge in [0.15, 0.2) is 5.78 Å². The van der Waals surface area contributed by atoms with E-state index in [1.807, 2.05) is 0 Å². The lowest BCUT2D eigenvalue weighted by molar-refractivity contribution is 0.0968. The van der Waals surface area contributed by atoms with Gasteiger partial charge in [0, 0.05) is 36.1 Å². The summed E-state index contributed by atoms with van der Waals surface area (Å²) in [7, 11) is 0. The monoisotopic (exact) mass is 414 g/mol. The second-order valence-corrected chi connectivity index (χ2v) is 9.07. The van der Waals surface area contributed by atoms with Gasteiger partial charge in [0.2, 0.25) is 0 Å². The van der Waals surface area contributed by atoms with Crippen molar-refractivity contribution in [3.05, 3.63) is 59.8 Å². The third kappa shape index (κ3) is 4.21. The highest BCUT2D eigenvalue weighted by atomic mass is 16.1. The number of nitrogens with two attached hydrogens (primary N) is 2. The topological polar surface area (TPSA) is 94.0 Å². The number of hydrogen-bond donors (Lipinski definition) is 3. The van der Waals surface area contributed by atoms with Gasteiger partial charge in [-0.3, -0.25) is 9.78 Å². The maximum absolute atomic E-state index is 13.1. The zero-order valence-corrected chi connectivity index (χ0v) is 17.8. The molecule has 0 bridgehead atoms. The van der Waals surface area contributed by atoms with Crippen molar-refractivity contribution in [2.24, 2.45) is 17.4 Å². The van der Waals surface area contributed by atoms with Crippen LogP contribution in [0.3, 0.4) is 0 Å². The summed E-state index contributed by atoms with van der Waals surface area (Å²) >= 11 is 0. The van der Waals surface area contributed by atoms with Crippen LogP contribution >= 0.6 is 0 Å². The second kappa shape index (κ2) is 8.40. The standard InChI is InChI=1S/C26H30N4O/c27-14-16-1-3-17(4-2-16)19-7-12-24-22(13-19)25(30-21-10-8-20(28)9-11-21)23(15-29-24)26(31)18-5-6-18/h1-4,7,12-13,15,18,20-21H,5-6,8-11,14,27-28H2,(H,29,30)/t20-,21-. The Morgan fingerprint density at radius 1 is 0.968 bits per heavy atom. The molecule has 2 aliphatic rings. The molecule has 5 rings (SSSR count). The largest absolute Gasteiger partial charge is 0.381 e. The summed E-state index contributed by atoms with van der Waals surface area (Å²) in [5.74, 6) is 0.383. The Kier molecular flexibility index (Phi) is 5.47. The van der Waals surface area contributed by atoms with E-state index in [2.05, 4.69) is 52.8 Å². The molecule has 1 aromatic heterocycles. The van der Waals surface area contributed by atoms with Crippen LogP contribution in [0, 0.1) is 5.92 Å². The molecule has 0 saturated heterocycles. The molecule has 0 unspecified atom stereocenters. The van der Waals surface area contributed by atoms with Gasteiger partial charge < -0.3 is 16.8 Å². The van der Waals surface area contributed by atoms with Gasteiger partial charge >= 0.3 is 0 Å². The van der Waals surface area contributed by atoms with Gasteiger partial charge in [0.1, 0.15) is 0 Å². The van der Waals surface area contributed by atoms with Crippen LogP contribution < -0.4 is 16.8 Å². The number of anilines is 1. The fraction of sp³-hybridized carbons (Fsp3) is 0.385. The van der Waals surface area contributed by atoms with Crippen molar-refractivity contribution in [1.82, 2.24) is 4.98 Å². The molecule has 0 amide bonds. The number of nitrogens with zero attached hydrogens (tertiary/aromatic N) is 1. The SMILES string of the molecule is NCc1ccc(-c2ccc3ncc(C(=O)C4CC4)c(N[C@H]4CC[C@H](N)CC4)c3c2)cc1. The van der Waals surface area contributed by atoms with Gasteiger partial charge in [-0.15, -0.1) is 0 Å². The van der Waals surface area contributed by atoms with Crippen molar-refractivity contribution in [3.8, 4) is 11.1 Å². The van der Waals surface area contributed by atoms with Crippen LogP contribution in [0.2, 0.25) is 0 Å². The number of benzene rings is 2. The highest BCUT2D eigenvalue weighted by Crippen LogP contribution is 2.38. The van der Waals surface area contributed by atoms with E-state index in [4.69, 9.17) is 11.5 Å². The number of carbonyl (C=O) groups is 1. The molecular weight excluding hydrogens is 384 g/mol. The summed E-state index contributed by atoms with van der Waals surface area (Å²) in [6, 6.07) is 15.3. The molecule has 31 heavy (non-hydrogen) atoms. The average Bonchev–Trinajstić information content (AvgIpc) is 3.66. The molecule has 2 aliphatic carbocycles. The first kappa shape index (κ1) is 20.2. The minimum absolute atomic E-state index is 0.159. The van der Waals surface area contributed by atoms with Gasteiger partial charge in [-0.1, -0.05) is 30.3 Å². The van der Waals surface area contributed by atoms with Crippen LogP contribution in [-0.2, 0) is 6.54 Å². The van der Waals surface area contributed by atoms with Gasteiger partial charge in [-0.2, -0.15) is 0 Å². The Morgan fingerprint density at radius 3 is 2.35 bits per heavy atom. The lowest BCUT2D eigenvalue weighted by Crippen LogP contribution is -2.33. The van der Waals surface area contributed by atoms with Crippen molar-refractivity contribution in [1.29, 1.82) is 0 Å². The smallest absolute Gasteiger partial charge is 0.169 e. The predicted octanol–water partition coefficient (Wildman–Crippen LogP) is 4.64. The Balaban J connectivity index is 1.57. The Hall–Kier alpha value is -2.76. The molecule has 2 saturated carbocycles. The Labute approximate surface area is 183 Å². The van der Waals surface area contributed by atoms with E-state index < -0.39 is 0 Å². The average molecular weight is 415 g/mol. The van der Waals surface area contributed by atoms with Crippen molar-refractivity contribution in [3.63, 3.8) is 0 Å². The maximum atomic E-state index is 13.1. The van der Waals surface area contributed by atoms with Crippen LogP contribution in [0.25, 0.3) is 22.0 Å². The molecule has 1 heterocycles. The Morgan fingerprint density at radius 2 is 1.68 bits per heavy atom. The number of nitrogens with one attached hydrogen (secondary N) is 1. The summed E-state index contributed by atoms with van der Waals surface area (Å²) in [6.07, 6.45) is 7.85. The summed E-state index contributed by atoms with van der Waals surface area (Å²) < 4.78 is 0. The molecule has 2 aromatic carbocycles. The van der Waals surface area contributed by atoms with Crippen LogP contribution in [0.4, 0.5) is 5.69 Å². The number of fused-ring (bicyclic) bond motifs is 1. The van der Waals surface area contributed by atoms with Crippen molar-refractivity contribution < 1.29 is 4.79 Å². The third-order valence-corrected chi connectivity index (χ3v) is 6.72. The first-order valence-corrected chi connectivity index (χ1v) is 11.4. The van der Waals surface area contributed by atoms with E-state index in [0.29, 0.717) is 18.6 Å². The first-order valence-electron chi connectivity index (χ1n) is 11.4. The van der Waals surface area contributed by atoms with Gasteiger partial charge in [0.25, 0.3) is 0 Å². The van der Waals surface area contributed by atoms with E-state index in [1.54, 1.807) is 6.20 Å². The zero-order chi connectivity index (χ0) is 21.4. The quantitative estimate of drug-likeness (QED) is 0.511. The molecule has 5 nitrogen and oxygen atoms in total. The number of ketones is 1. The molecule has 0 spiro atoms. The van der Waals surface area contributed by atoms with Gasteiger partial charge in [-0.05, 0) is 67.3 Å². The van der Waals surface area contributed by atoms with Crippen LogP contribution in [0.15, 0.2) is 48.7 Å². The predicted molar refractivity (Wildman–Crippen MR) is 126 cm³/mol. The van der Waals surface area contributed by atoms with Gasteiger partial charge in [0.05, 0.1) is 16.8 Å². The van der Waals surface area contributed by atoms with E-state index in [9.17, 15) is 4.79 Å². The van der Waals surface area contributed by atoms with Crippen LogP contribution in [0.5, 0.6) is 0 Å².